The first-order chi connectivity index (χ1) is 4.71. The van der Waals surface area contributed by atoms with Gasteiger partial charge in [-0.1, -0.05) is 0 Å². The van der Waals surface area contributed by atoms with Gasteiger partial charge in [0.15, 0.2) is 0 Å². The average Bonchev–Trinajstić information content (AvgIpc) is 1.60. The number of rotatable bonds is 0. The van der Waals surface area contributed by atoms with Crippen LogP contribution in [-0.2, 0) is 19.4 Å². The molecule has 0 aromatic heterocycles. The quantitative estimate of drug-likeness (QED) is 0.609. The molecule has 0 atom stereocenters. The third-order valence-electron chi connectivity index (χ3n) is 0.750. The first-order valence-electron chi connectivity index (χ1n) is 3.69. The summed E-state index contributed by atoms with van der Waals surface area (Å²) in [6.07, 6.45) is 0. The summed E-state index contributed by atoms with van der Waals surface area (Å²) in [6.45, 7) is 13.1. The van der Waals surface area contributed by atoms with Crippen LogP contribution in [-0.4, -0.2) is 11.1 Å². The molecule has 11 heavy (non-hydrogen) atoms. The van der Waals surface area contributed by atoms with Gasteiger partial charge in [-0.25, -0.2) is 0 Å². The third kappa shape index (κ3) is 18.2. The second kappa shape index (κ2) is 5.58. The van der Waals surface area contributed by atoms with Gasteiger partial charge >= 0.3 is 28.7 Å². The van der Waals surface area contributed by atoms with Gasteiger partial charge in [-0.2, -0.15) is 0 Å². The Kier molecular flexibility index (Phi) is 7.35. The van der Waals surface area contributed by atoms with Gasteiger partial charge in [-0.05, 0) is 41.5 Å². The Hall–Kier alpha value is 0.964. The van der Waals surface area contributed by atoms with Crippen molar-refractivity contribution in [2.24, 2.45) is 0 Å². The SMILES string of the molecule is CC(C)(C)NC(C)(C)C.[Cl][Ti]. The summed E-state index contributed by atoms with van der Waals surface area (Å²) in [7, 11) is 4.64. The summed E-state index contributed by atoms with van der Waals surface area (Å²) in [5.41, 5.74) is 0.469. The molecule has 0 saturated heterocycles. The summed E-state index contributed by atoms with van der Waals surface area (Å²) < 4.78 is 0. The van der Waals surface area contributed by atoms with Gasteiger partial charge < -0.3 is 5.32 Å². The summed E-state index contributed by atoms with van der Waals surface area (Å²) in [6, 6.07) is 0. The summed E-state index contributed by atoms with van der Waals surface area (Å²) in [5, 5.41) is 3.46. The fraction of sp³-hybridized carbons (Fsp3) is 1.00. The van der Waals surface area contributed by atoms with Crippen molar-refractivity contribution in [3.05, 3.63) is 0 Å². The Morgan fingerprint density at radius 3 is 1.00 bits per heavy atom. The minimum absolute atomic E-state index is 0.234. The van der Waals surface area contributed by atoms with Gasteiger partial charge in [-0.3, -0.25) is 0 Å². The fourth-order valence-electron chi connectivity index (χ4n) is 1.12. The van der Waals surface area contributed by atoms with Gasteiger partial charge in [0.05, 0.1) is 0 Å². The van der Waals surface area contributed by atoms with Crippen LogP contribution in [0.2, 0.25) is 0 Å². The molecule has 0 saturated carbocycles. The van der Waals surface area contributed by atoms with Crippen molar-refractivity contribution in [2.75, 3.05) is 0 Å². The van der Waals surface area contributed by atoms with E-state index in [1.165, 1.54) is 19.4 Å². The number of hydrogen-bond acceptors (Lipinski definition) is 1. The zero-order valence-electron chi connectivity index (χ0n) is 8.38. The second-order valence-corrected chi connectivity index (χ2v) is 4.62. The fourth-order valence-corrected chi connectivity index (χ4v) is 1.12. The molecule has 0 amide bonds. The summed E-state index contributed by atoms with van der Waals surface area (Å²) in [5.74, 6) is 0. The van der Waals surface area contributed by atoms with Crippen LogP contribution < -0.4 is 5.32 Å². The van der Waals surface area contributed by atoms with Gasteiger partial charge in [0.25, 0.3) is 0 Å². The molecule has 0 unspecified atom stereocenters. The van der Waals surface area contributed by atoms with Crippen LogP contribution in [0.1, 0.15) is 41.5 Å². The topological polar surface area (TPSA) is 12.0 Å². The van der Waals surface area contributed by atoms with Crippen LogP contribution in [0.15, 0.2) is 0 Å². The first-order valence-corrected chi connectivity index (χ1v) is 5.84. The second-order valence-electron chi connectivity index (χ2n) is 4.62. The molecule has 0 radical (unpaired) electrons. The van der Waals surface area contributed by atoms with Crippen molar-refractivity contribution >= 4 is 9.30 Å². The number of nitrogens with one attached hydrogen (secondary N) is 1. The van der Waals surface area contributed by atoms with Gasteiger partial charge in [0.1, 0.15) is 0 Å². The van der Waals surface area contributed by atoms with Crippen LogP contribution in [0.3, 0.4) is 0 Å². The average molecular weight is 213 g/mol. The molecule has 0 aliphatic rings. The number of halogens is 1. The van der Waals surface area contributed by atoms with E-state index in [9.17, 15) is 0 Å². The zero-order valence-corrected chi connectivity index (χ0v) is 10.7. The predicted molar refractivity (Wildman–Crippen MR) is 48.5 cm³/mol. The van der Waals surface area contributed by atoms with Crippen molar-refractivity contribution in [3.8, 4) is 0 Å². The van der Waals surface area contributed by atoms with Crippen LogP contribution >= 0.6 is 9.30 Å². The van der Waals surface area contributed by atoms with E-state index in [1.54, 1.807) is 0 Å². The number of hydrogen-bond donors (Lipinski definition) is 1. The Morgan fingerprint density at radius 2 is 1.00 bits per heavy atom. The molecule has 1 N–H and O–H groups in total. The zero-order chi connectivity index (χ0) is 9.71. The summed E-state index contributed by atoms with van der Waals surface area (Å²) in [4.78, 5) is 0. The van der Waals surface area contributed by atoms with E-state index in [1.807, 2.05) is 0 Å². The van der Waals surface area contributed by atoms with Gasteiger partial charge in [0.2, 0.25) is 0 Å². The van der Waals surface area contributed by atoms with E-state index in [-0.39, 0.29) is 11.1 Å². The molecule has 0 aromatic carbocycles. The molecule has 0 fully saturated rings. The Bertz CT molecular complexity index is 79.2. The van der Waals surface area contributed by atoms with Crippen LogP contribution in [0.25, 0.3) is 0 Å². The first kappa shape index (κ1) is 14.5. The van der Waals surface area contributed by atoms with Gasteiger partial charge in [0, 0.05) is 11.1 Å². The molecule has 0 aliphatic heterocycles. The molecular formula is C8H19ClNTi. The van der Waals surface area contributed by atoms with Gasteiger partial charge in [-0.15, -0.1) is 0 Å². The molecule has 0 bridgehead atoms. The van der Waals surface area contributed by atoms with Crippen molar-refractivity contribution in [2.45, 2.75) is 52.6 Å². The molecule has 67 valence electrons. The van der Waals surface area contributed by atoms with Crippen molar-refractivity contribution in [1.29, 1.82) is 0 Å². The molecule has 0 aliphatic carbocycles. The Labute approximate surface area is 86.6 Å². The minimum atomic E-state index is 0.234. The Morgan fingerprint density at radius 1 is 0.818 bits per heavy atom. The van der Waals surface area contributed by atoms with Crippen molar-refractivity contribution < 1.29 is 19.4 Å². The molecule has 0 aromatic rings. The predicted octanol–water partition coefficient (Wildman–Crippen LogP) is 2.86. The normalized spacial score (nSPS) is 11.8. The monoisotopic (exact) mass is 212 g/mol. The van der Waals surface area contributed by atoms with Crippen LogP contribution in [0, 0.1) is 0 Å². The standard InChI is InChI=1S/C8H19N.ClH.Ti/c1-7(2,3)9-8(4,5)6;;/h9H,1-6H3;1H;/q;;+1/p-1. The van der Waals surface area contributed by atoms with E-state index in [4.69, 9.17) is 0 Å². The molecule has 0 spiro atoms. The molecule has 0 rings (SSSR count). The van der Waals surface area contributed by atoms with Crippen molar-refractivity contribution in [1.82, 2.24) is 5.32 Å². The van der Waals surface area contributed by atoms with E-state index in [2.05, 4.69) is 56.2 Å². The molecule has 1 nitrogen and oxygen atoms in total. The maximum absolute atomic E-state index is 4.64. The van der Waals surface area contributed by atoms with E-state index < -0.39 is 0 Å². The molecule has 0 heterocycles. The van der Waals surface area contributed by atoms with Crippen LogP contribution in [0.4, 0.5) is 0 Å². The van der Waals surface area contributed by atoms with E-state index in [0.29, 0.717) is 0 Å². The van der Waals surface area contributed by atoms with Crippen molar-refractivity contribution in [3.63, 3.8) is 0 Å². The molecule has 3 heteroatoms. The Balaban J connectivity index is 0. The maximum atomic E-state index is 4.64. The third-order valence-corrected chi connectivity index (χ3v) is 0.750. The van der Waals surface area contributed by atoms with E-state index in [0.717, 1.165) is 0 Å². The van der Waals surface area contributed by atoms with E-state index >= 15 is 0 Å². The molecular weight excluding hydrogens is 193 g/mol. The van der Waals surface area contributed by atoms with Crippen LogP contribution in [0.5, 0.6) is 0 Å². The summed E-state index contributed by atoms with van der Waals surface area (Å²) >= 11 is 1.47.